The highest BCUT2D eigenvalue weighted by Crippen LogP contribution is 2.10. The Hall–Kier alpha value is -1.62. The molecule has 5 heteroatoms. The van der Waals surface area contributed by atoms with Crippen molar-refractivity contribution in [3.63, 3.8) is 0 Å². The van der Waals surface area contributed by atoms with Crippen LogP contribution >= 0.6 is 0 Å². The van der Waals surface area contributed by atoms with Gasteiger partial charge in [0.2, 0.25) is 5.88 Å². The molecular formula is C7H8N2O3. The van der Waals surface area contributed by atoms with Crippen molar-refractivity contribution in [2.24, 2.45) is 4.99 Å². The minimum atomic E-state index is -0.367. The minimum absolute atomic E-state index is 0.148. The fraction of sp³-hybridized carbons (Fsp3) is 0.143. The van der Waals surface area contributed by atoms with Crippen molar-refractivity contribution in [2.75, 3.05) is 0 Å². The minimum Gasteiger partial charge on any atom is -0.447 e. The number of carbonyl (C=O) groups is 1. The molecule has 0 saturated carbocycles. The molecule has 0 fully saturated rings. The van der Waals surface area contributed by atoms with Gasteiger partial charge in [0, 0.05) is 13.0 Å². The Morgan fingerprint density at radius 2 is 2.50 bits per heavy atom. The third-order valence-corrected chi connectivity index (χ3v) is 1.17. The molecule has 1 aromatic rings. The first-order valence-electron chi connectivity index (χ1n) is 3.27. The van der Waals surface area contributed by atoms with Gasteiger partial charge in [-0.15, -0.1) is 0 Å². The van der Waals surface area contributed by atoms with Gasteiger partial charge in [0.1, 0.15) is 0 Å². The number of nitrogens with zero attached hydrogens (tertiary/aromatic N) is 1. The van der Waals surface area contributed by atoms with E-state index in [0.717, 1.165) is 0 Å². The third-order valence-electron chi connectivity index (χ3n) is 1.17. The predicted molar refractivity (Wildman–Crippen MR) is 41.4 cm³/mol. The Kier molecular flexibility index (Phi) is 2.60. The van der Waals surface area contributed by atoms with Gasteiger partial charge in [0.25, 0.3) is 0 Å². The van der Waals surface area contributed by atoms with E-state index in [1.807, 2.05) is 0 Å². The summed E-state index contributed by atoms with van der Waals surface area (Å²) in [5, 5.41) is 8.45. The second kappa shape index (κ2) is 3.68. The normalized spacial score (nSPS) is 11.3. The number of rotatable bonds is 2. The molecule has 5 nitrogen and oxygen atoms in total. The monoisotopic (exact) mass is 168 g/mol. The largest absolute Gasteiger partial charge is 0.447 e. The maximum atomic E-state index is 10.7. The van der Waals surface area contributed by atoms with Crippen LogP contribution in [0.4, 0.5) is 5.88 Å². The topological polar surface area (TPSA) is 74.8 Å². The molecule has 0 aromatic carbocycles. The van der Waals surface area contributed by atoms with E-state index in [-0.39, 0.29) is 17.5 Å². The van der Waals surface area contributed by atoms with Crippen LogP contribution in [-0.2, 0) is 4.79 Å². The first-order chi connectivity index (χ1) is 5.74. The van der Waals surface area contributed by atoms with Crippen molar-refractivity contribution in [1.29, 1.82) is 0 Å². The van der Waals surface area contributed by atoms with Crippen LogP contribution in [0.3, 0.4) is 0 Å². The number of aliphatic imine (C=N–C) groups is 1. The summed E-state index contributed by atoms with van der Waals surface area (Å²) in [6.07, 6.45) is 1.42. The summed E-state index contributed by atoms with van der Waals surface area (Å²) in [5.41, 5.74) is 1.68. The van der Waals surface area contributed by atoms with Crippen molar-refractivity contribution in [2.45, 2.75) is 6.92 Å². The summed E-state index contributed by atoms with van der Waals surface area (Å²) in [6.45, 7) is 1.28. The van der Waals surface area contributed by atoms with E-state index >= 15 is 0 Å². The zero-order chi connectivity index (χ0) is 8.97. The maximum Gasteiger partial charge on any atom is 0.220 e. The molecule has 0 atom stereocenters. The summed E-state index contributed by atoms with van der Waals surface area (Å²) >= 11 is 0. The number of Topliss-reactive ketones (excluding diaryl/α,β-unsaturated/α-hetero) is 1. The smallest absolute Gasteiger partial charge is 0.220 e. The van der Waals surface area contributed by atoms with Crippen molar-refractivity contribution >= 4 is 17.5 Å². The molecule has 1 rings (SSSR count). The van der Waals surface area contributed by atoms with Crippen LogP contribution in [-0.4, -0.2) is 16.8 Å². The van der Waals surface area contributed by atoms with Gasteiger partial charge >= 0.3 is 0 Å². The number of hydroxylamine groups is 1. The molecule has 0 unspecified atom stereocenters. The van der Waals surface area contributed by atoms with Crippen LogP contribution in [0, 0.1) is 0 Å². The van der Waals surface area contributed by atoms with E-state index in [1.54, 1.807) is 17.6 Å². The number of nitrogens with one attached hydrogen (secondary N) is 1. The molecule has 0 amide bonds. The number of furan rings is 1. The Morgan fingerprint density at radius 1 is 1.75 bits per heavy atom. The van der Waals surface area contributed by atoms with Crippen molar-refractivity contribution in [1.82, 2.24) is 5.48 Å². The molecule has 12 heavy (non-hydrogen) atoms. The van der Waals surface area contributed by atoms with Gasteiger partial charge < -0.3 is 4.42 Å². The zero-order valence-electron chi connectivity index (χ0n) is 6.44. The number of hydrogen-bond donors (Lipinski definition) is 2. The molecule has 0 aliphatic rings. The first-order valence-corrected chi connectivity index (χ1v) is 3.27. The lowest BCUT2D eigenvalue weighted by atomic mass is 10.4. The SMILES string of the molecule is CC(=O)/C(=N/c1ccco1)NO. The molecule has 64 valence electrons. The predicted octanol–water partition coefficient (Wildman–Crippen LogP) is 0.877. The highest BCUT2D eigenvalue weighted by molar-refractivity contribution is 6.37. The van der Waals surface area contributed by atoms with Gasteiger partial charge in [0.15, 0.2) is 11.6 Å². The van der Waals surface area contributed by atoms with Crippen molar-refractivity contribution in [3.05, 3.63) is 18.4 Å². The van der Waals surface area contributed by atoms with E-state index in [9.17, 15) is 4.79 Å². The van der Waals surface area contributed by atoms with Crippen molar-refractivity contribution in [3.8, 4) is 0 Å². The number of carbonyl (C=O) groups excluding carboxylic acids is 1. The van der Waals surface area contributed by atoms with Crippen molar-refractivity contribution < 1.29 is 14.4 Å². The van der Waals surface area contributed by atoms with E-state index < -0.39 is 0 Å². The number of ketones is 1. The van der Waals surface area contributed by atoms with Crippen LogP contribution in [0.1, 0.15) is 6.92 Å². The van der Waals surface area contributed by atoms with Crippen LogP contribution < -0.4 is 5.48 Å². The number of amidine groups is 1. The fourth-order valence-electron chi connectivity index (χ4n) is 0.626. The highest BCUT2D eigenvalue weighted by atomic mass is 16.5. The number of hydrogen-bond acceptors (Lipinski definition) is 4. The van der Waals surface area contributed by atoms with Gasteiger partial charge in [-0.05, 0) is 6.07 Å². The van der Waals surface area contributed by atoms with Gasteiger partial charge in [-0.25, -0.2) is 5.48 Å². The van der Waals surface area contributed by atoms with Gasteiger partial charge in [-0.2, -0.15) is 4.99 Å². The summed E-state index contributed by atoms with van der Waals surface area (Å²) < 4.78 is 4.83. The molecule has 1 aromatic heterocycles. The lowest BCUT2D eigenvalue weighted by Crippen LogP contribution is -2.25. The van der Waals surface area contributed by atoms with Crippen LogP contribution in [0.25, 0.3) is 0 Å². The third kappa shape index (κ3) is 1.93. The molecular weight excluding hydrogens is 160 g/mol. The lowest BCUT2D eigenvalue weighted by molar-refractivity contribution is -0.111. The fourth-order valence-corrected chi connectivity index (χ4v) is 0.626. The second-order valence-electron chi connectivity index (χ2n) is 2.08. The standard InChI is InChI=1S/C7H8N2O3/c1-5(10)7(9-11)8-6-3-2-4-12-6/h2-4,11H,1H3,(H,8,9). The molecule has 1 heterocycles. The van der Waals surface area contributed by atoms with E-state index in [1.165, 1.54) is 13.2 Å². The van der Waals surface area contributed by atoms with E-state index in [0.29, 0.717) is 0 Å². The molecule has 0 aliphatic heterocycles. The average Bonchev–Trinajstić information content (AvgIpc) is 2.51. The average molecular weight is 168 g/mol. The molecule has 0 bridgehead atoms. The first kappa shape index (κ1) is 8.48. The van der Waals surface area contributed by atoms with Crippen LogP contribution in [0.2, 0.25) is 0 Å². The Bertz CT molecular complexity index is 290. The van der Waals surface area contributed by atoms with E-state index in [4.69, 9.17) is 9.62 Å². The molecule has 2 N–H and O–H groups in total. The van der Waals surface area contributed by atoms with Crippen LogP contribution in [0.15, 0.2) is 27.8 Å². The van der Waals surface area contributed by atoms with E-state index in [2.05, 4.69) is 4.99 Å². The summed E-state index contributed by atoms with van der Waals surface area (Å²) in [5.74, 6) is -0.249. The van der Waals surface area contributed by atoms with Gasteiger partial charge in [-0.3, -0.25) is 10.0 Å². The zero-order valence-corrected chi connectivity index (χ0v) is 6.44. The van der Waals surface area contributed by atoms with Gasteiger partial charge in [0.05, 0.1) is 6.26 Å². The summed E-state index contributed by atoms with van der Waals surface area (Å²) in [7, 11) is 0. The Labute approximate surface area is 68.7 Å². The van der Waals surface area contributed by atoms with Crippen LogP contribution in [0.5, 0.6) is 0 Å². The lowest BCUT2D eigenvalue weighted by Gasteiger charge is -1.96. The Balaban J connectivity index is 2.85. The summed E-state index contributed by atoms with van der Waals surface area (Å²) in [6, 6.07) is 3.20. The maximum absolute atomic E-state index is 10.7. The highest BCUT2D eigenvalue weighted by Gasteiger charge is 2.04. The molecule has 0 spiro atoms. The van der Waals surface area contributed by atoms with Gasteiger partial charge in [-0.1, -0.05) is 0 Å². The summed E-state index contributed by atoms with van der Waals surface area (Å²) in [4.78, 5) is 14.4. The second-order valence-corrected chi connectivity index (χ2v) is 2.08. The Morgan fingerprint density at radius 3 is 2.92 bits per heavy atom. The molecule has 0 radical (unpaired) electrons. The molecule has 0 aliphatic carbocycles. The quantitative estimate of drug-likeness (QED) is 0.390. The molecule has 0 saturated heterocycles.